The van der Waals surface area contributed by atoms with Gasteiger partial charge in [-0.1, -0.05) is 24.6 Å². The molecule has 0 unspecified atom stereocenters. The molecule has 1 aromatic carbocycles. The van der Waals surface area contributed by atoms with Crippen molar-refractivity contribution >= 4 is 72.9 Å². The van der Waals surface area contributed by atoms with E-state index < -0.39 is 6.04 Å². The van der Waals surface area contributed by atoms with Crippen molar-refractivity contribution in [2.45, 2.75) is 38.9 Å². The van der Waals surface area contributed by atoms with Crippen molar-refractivity contribution in [2.75, 3.05) is 18.2 Å². The molecule has 1 fully saturated rings. The van der Waals surface area contributed by atoms with Crippen molar-refractivity contribution in [3.8, 4) is 5.75 Å². The highest BCUT2D eigenvalue weighted by Gasteiger charge is 2.43. The van der Waals surface area contributed by atoms with Gasteiger partial charge in [-0.3, -0.25) is 9.59 Å². The Morgan fingerprint density at radius 2 is 2.05 bits per heavy atom. The molecule has 0 spiro atoms. The van der Waals surface area contributed by atoms with Gasteiger partial charge in [-0.15, -0.1) is 0 Å². The first kappa shape index (κ1) is 25.2. The molecule has 12 heteroatoms. The van der Waals surface area contributed by atoms with E-state index in [-0.39, 0.29) is 36.1 Å². The predicted molar refractivity (Wildman–Crippen MR) is 145 cm³/mol. The van der Waals surface area contributed by atoms with Gasteiger partial charge in [-0.25, -0.2) is 15.0 Å². The minimum absolute atomic E-state index is 0.0789. The van der Waals surface area contributed by atoms with Crippen LogP contribution in [0.5, 0.6) is 5.75 Å². The number of nitrogens with two attached hydrogens (primary N) is 1. The lowest BCUT2D eigenvalue weighted by molar-refractivity contribution is -0.139. The molecule has 37 heavy (non-hydrogen) atoms. The van der Waals surface area contributed by atoms with Crippen molar-refractivity contribution in [2.24, 2.45) is 5.92 Å². The number of carbonyl (C=O) groups excluding carboxylic acids is 2. The molecular weight excluding hydrogens is 562 g/mol. The molecule has 3 N–H and O–H groups in total. The SMILES string of the molecule is COc1cc(Cl)cc2c3c(N)ncnc3n(CC(=O)N3[C@H](C)[C@@H](C)C[C@H]3C(=O)Nc3cccc(Br)n3)c12. The molecule has 3 atom stereocenters. The van der Waals surface area contributed by atoms with Crippen LogP contribution in [0.4, 0.5) is 11.6 Å². The minimum Gasteiger partial charge on any atom is -0.494 e. The predicted octanol–water partition coefficient (Wildman–Crippen LogP) is 4.25. The van der Waals surface area contributed by atoms with Crippen molar-refractivity contribution in [1.82, 2.24) is 24.4 Å². The third-order valence-corrected chi connectivity index (χ3v) is 7.61. The highest BCUT2D eigenvalue weighted by Crippen LogP contribution is 2.39. The number of amides is 2. The van der Waals surface area contributed by atoms with Gasteiger partial charge < -0.3 is 25.3 Å². The van der Waals surface area contributed by atoms with E-state index in [2.05, 4.69) is 36.2 Å². The number of ether oxygens (including phenoxy) is 1. The van der Waals surface area contributed by atoms with E-state index in [1.807, 2.05) is 13.8 Å². The van der Waals surface area contributed by atoms with Crippen molar-refractivity contribution < 1.29 is 14.3 Å². The van der Waals surface area contributed by atoms with E-state index in [0.29, 0.717) is 49.6 Å². The number of halogens is 2. The van der Waals surface area contributed by atoms with Crippen LogP contribution in [0.1, 0.15) is 20.3 Å². The zero-order chi connectivity index (χ0) is 26.4. The largest absolute Gasteiger partial charge is 0.494 e. The fourth-order valence-corrected chi connectivity index (χ4v) is 5.62. The first-order chi connectivity index (χ1) is 17.7. The summed E-state index contributed by atoms with van der Waals surface area (Å²) in [4.78, 5) is 41.7. The number of methoxy groups -OCH3 is 1. The topological polar surface area (TPSA) is 128 Å². The van der Waals surface area contributed by atoms with Crippen LogP contribution in [0.2, 0.25) is 5.02 Å². The van der Waals surface area contributed by atoms with Crippen molar-refractivity contribution in [3.63, 3.8) is 0 Å². The Labute approximate surface area is 226 Å². The first-order valence-corrected chi connectivity index (χ1v) is 12.9. The quantitative estimate of drug-likeness (QED) is 0.335. The second-order valence-corrected chi connectivity index (χ2v) is 10.4. The number of rotatable bonds is 5. The van der Waals surface area contributed by atoms with Crippen LogP contribution in [0.25, 0.3) is 21.9 Å². The molecular formula is C25H25BrClN7O3. The van der Waals surface area contributed by atoms with E-state index in [4.69, 9.17) is 22.1 Å². The summed E-state index contributed by atoms with van der Waals surface area (Å²) in [6.07, 6.45) is 1.89. The van der Waals surface area contributed by atoms with Gasteiger partial charge in [0.1, 0.15) is 46.5 Å². The summed E-state index contributed by atoms with van der Waals surface area (Å²) in [5, 5.41) is 4.57. The number of nitrogens with one attached hydrogen (secondary N) is 1. The summed E-state index contributed by atoms with van der Waals surface area (Å²) < 4.78 is 7.96. The third kappa shape index (κ3) is 4.46. The van der Waals surface area contributed by atoms with Crippen molar-refractivity contribution in [3.05, 3.63) is 46.3 Å². The first-order valence-electron chi connectivity index (χ1n) is 11.7. The van der Waals surface area contributed by atoms with Gasteiger partial charge in [-0.2, -0.15) is 0 Å². The zero-order valence-electron chi connectivity index (χ0n) is 20.4. The van der Waals surface area contributed by atoms with E-state index >= 15 is 0 Å². The lowest BCUT2D eigenvalue weighted by Crippen LogP contribution is -2.47. The average Bonchev–Trinajstić information content (AvgIpc) is 3.33. The maximum Gasteiger partial charge on any atom is 0.248 e. The molecule has 0 saturated carbocycles. The normalized spacial score (nSPS) is 19.5. The summed E-state index contributed by atoms with van der Waals surface area (Å²) >= 11 is 9.66. The Kier molecular flexibility index (Phi) is 6.67. The summed E-state index contributed by atoms with van der Waals surface area (Å²) in [5.41, 5.74) is 7.32. The van der Waals surface area contributed by atoms with Gasteiger partial charge in [0.15, 0.2) is 0 Å². The van der Waals surface area contributed by atoms with Gasteiger partial charge >= 0.3 is 0 Å². The van der Waals surface area contributed by atoms with Gasteiger partial charge in [0, 0.05) is 22.5 Å². The molecule has 1 saturated heterocycles. The van der Waals surface area contributed by atoms with Gasteiger partial charge in [0.2, 0.25) is 11.8 Å². The number of pyridine rings is 1. The number of fused-ring (bicyclic) bond motifs is 3. The Hall–Kier alpha value is -3.44. The van der Waals surface area contributed by atoms with E-state index in [0.717, 1.165) is 0 Å². The highest BCUT2D eigenvalue weighted by atomic mass is 79.9. The molecule has 2 amide bonds. The number of carbonyl (C=O) groups is 2. The fourth-order valence-electron chi connectivity index (χ4n) is 5.07. The second-order valence-electron chi connectivity index (χ2n) is 9.15. The molecule has 0 radical (unpaired) electrons. The fraction of sp³-hybridized carbons (Fsp3) is 0.320. The highest BCUT2D eigenvalue weighted by molar-refractivity contribution is 9.10. The monoisotopic (exact) mass is 585 g/mol. The maximum atomic E-state index is 13.9. The molecule has 1 aliphatic heterocycles. The molecule has 4 aromatic rings. The smallest absolute Gasteiger partial charge is 0.248 e. The lowest BCUT2D eigenvalue weighted by Gasteiger charge is -2.29. The third-order valence-electron chi connectivity index (χ3n) is 6.95. The van der Waals surface area contributed by atoms with E-state index in [1.54, 1.807) is 39.8 Å². The number of nitrogens with zero attached hydrogens (tertiary/aromatic N) is 5. The summed E-state index contributed by atoms with van der Waals surface area (Å²) in [5.74, 6) is 0.772. The Balaban J connectivity index is 1.54. The summed E-state index contributed by atoms with van der Waals surface area (Å²) in [6, 6.07) is 7.89. The molecule has 3 aromatic heterocycles. The van der Waals surface area contributed by atoms with E-state index in [9.17, 15) is 9.59 Å². The van der Waals surface area contributed by atoms with Crippen LogP contribution in [0.3, 0.4) is 0 Å². The minimum atomic E-state index is -0.651. The zero-order valence-corrected chi connectivity index (χ0v) is 22.7. The Morgan fingerprint density at radius 3 is 2.78 bits per heavy atom. The maximum absolute atomic E-state index is 13.9. The van der Waals surface area contributed by atoms with Gasteiger partial charge in [-0.05, 0) is 53.4 Å². The number of hydrogen-bond acceptors (Lipinski definition) is 7. The molecule has 1 aliphatic rings. The van der Waals surface area contributed by atoms with Crippen LogP contribution in [0, 0.1) is 5.92 Å². The standard InChI is InChI=1S/C25H25BrClN7O3/c1-12-7-16(25(36)32-19-6-4-5-18(26)31-19)34(13(12)2)20(35)10-33-22-15(8-14(27)9-17(22)37-3)21-23(28)29-11-30-24(21)33/h4-6,8-9,11-13,16H,7,10H2,1-3H3,(H2,28,29,30)(H,31,32,36)/t12-,13+,16-/m0/s1. The molecule has 0 bridgehead atoms. The van der Waals surface area contributed by atoms with Gasteiger partial charge in [0.25, 0.3) is 0 Å². The number of likely N-dealkylation sites (tertiary alicyclic amines) is 1. The van der Waals surface area contributed by atoms with Crippen LogP contribution in [-0.2, 0) is 16.1 Å². The number of benzene rings is 1. The van der Waals surface area contributed by atoms with Crippen LogP contribution in [-0.4, -0.2) is 55.4 Å². The lowest BCUT2D eigenvalue weighted by atomic mass is 10.0. The Bertz CT molecular complexity index is 1540. The average molecular weight is 587 g/mol. The molecule has 0 aliphatic carbocycles. The molecule has 192 valence electrons. The number of aromatic nitrogens is 4. The summed E-state index contributed by atoms with van der Waals surface area (Å²) in [6.45, 7) is 3.92. The van der Waals surface area contributed by atoms with Crippen molar-refractivity contribution in [1.29, 1.82) is 0 Å². The van der Waals surface area contributed by atoms with Crippen LogP contribution in [0.15, 0.2) is 41.3 Å². The molecule has 10 nitrogen and oxygen atoms in total. The van der Waals surface area contributed by atoms with Crippen LogP contribution >= 0.6 is 27.5 Å². The number of hydrogen-bond donors (Lipinski definition) is 2. The van der Waals surface area contributed by atoms with Crippen LogP contribution < -0.4 is 15.8 Å². The Morgan fingerprint density at radius 1 is 1.27 bits per heavy atom. The summed E-state index contributed by atoms with van der Waals surface area (Å²) in [7, 11) is 1.53. The van der Waals surface area contributed by atoms with Gasteiger partial charge in [0.05, 0.1) is 18.0 Å². The van der Waals surface area contributed by atoms with E-state index in [1.165, 1.54) is 13.4 Å². The second kappa shape index (κ2) is 9.79. The molecule has 5 rings (SSSR count). The number of anilines is 2. The number of nitrogen functional groups attached to an aromatic ring is 1. The molecule has 4 heterocycles.